The van der Waals surface area contributed by atoms with Crippen LogP contribution >= 0.6 is 0 Å². The average molecular weight is 585 g/mol. The molecule has 3 atom stereocenters. The van der Waals surface area contributed by atoms with Gasteiger partial charge >= 0.3 is 45.7 Å². The van der Waals surface area contributed by atoms with Crippen LogP contribution in [-0.4, -0.2) is 79.3 Å². The molecule has 0 heterocycles. The van der Waals surface area contributed by atoms with Crippen molar-refractivity contribution in [3.63, 3.8) is 0 Å². The van der Waals surface area contributed by atoms with Crippen LogP contribution < -0.4 is 5.73 Å². The van der Waals surface area contributed by atoms with Gasteiger partial charge in [0.2, 0.25) is 6.17 Å². The predicted molar refractivity (Wildman–Crippen MR) is 81.2 cm³/mol. The molecule has 22 heteroatoms. The summed E-state index contributed by atoms with van der Waals surface area (Å²) in [5.41, 5.74) is -1.01. The maximum Gasteiger partial charge on any atom is 0.384 e. The topological polar surface area (TPSA) is 80.4 Å². The third-order valence-electron chi connectivity index (χ3n) is 3.60. The van der Waals surface area contributed by atoms with Crippen LogP contribution in [-0.2, 0) is 10.1 Å². The Hall–Kier alpha value is -1.58. The van der Waals surface area contributed by atoms with E-state index in [-0.39, 0.29) is 0 Å². The fraction of sp³-hybridized carbons (Fsp3) is 0.846. The molecule has 0 radical (unpaired) electrons. The highest BCUT2D eigenvalue weighted by Crippen LogP contribution is 2.61. The second-order valence-electron chi connectivity index (χ2n) is 6.08. The molecule has 0 spiro atoms. The minimum absolute atomic E-state index is 0.583. The summed E-state index contributed by atoms with van der Waals surface area (Å²) in [4.78, 5) is 0. The highest BCUT2D eigenvalue weighted by Gasteiger charge is 2.92. The minimum Gasteiger partial charge on any atom is -0.327 e. The van der Waals surface area contributed by atoms with Gasteiger partial charge in [-0.2, -0.15) is 61.1 Å². The Kier molecular flexibility index (Phi) is 11.0. The first-order valence-corrected chi connectivity index (χ1v) is 9.33. The summed E-state index contributed by atoms with van der Waals surface area (Å²) in [6.07, 6.45) is -14.2. The quantitative estimate of drug-likeness (QED) is 0.202. The Morgan fingerprint density at radius 2 is 1.00 bits per heavy atom. The molecule has 0 aromatic rings. The molecule has 0 saturated carbocycles. The SMILES string of the molecule is C=CCN.O=S(=O)(O)C(F)C(F)(F)C(F)(F)C(F)(F)C(F)(F)C(F)(F)C(F)(F)C(F)C(F)C(F)F. The number of nitrogens with two attached hydrogens (primary N) is 1. The van der Waals surface area contributed by atoms with Gasteiger partial charge in [0.1, 0.15) is 0 Å². The molecule has 0 aromatic carbocycles. The molecule has 3 N–H and O–H groups in total. The summed E-state index contributed by atoms with van der Waals surface area (Å²) in [7, 11) is -7.15. The van der Waals surface area contributed by atoms with Gasteiger partial charge in [-0.15, -0.1) is 6.58 Å². The molecule has 0 aliphatic carbocycles. The van der Waals surface area contributed by atoms with E-state index in [1.54, 1.807) is 6.08 Å². The van der Waals surface area contributed by atoms with Gasteiger partial charge in [0.15, 0.2) is 6.17 Å². The molecule has 3 unspecified atom stereocenters. The van der Waals surface area contributed by atoms with E-state index in [9.17, 15) is 83.1 Å². The normalized spacial score (nSPS) is 17.4. The maximum atomic E-state index is 13.3. The van der Waals surface area contributed by atoms with E-state index in [1.165, 1.54) is 0 Å². The second-order valence-corrected chi connectivity index (χ2v) is 7.52. The lowest BCUT2D eigenvalue weighted by atomic mass is 9.89. The van der Waals surface area contributed by atoms with E-state index < -0.39 is 69.9 Å². The first-order valence-electron chi connectivity index (χ1n) is 7.83. The van der Waals surface area contributed by atoms with Crippen LogP contribution in [0.5, 0.6) is 0 Å². The first kappa shape index (κ1) is 35.6. The van der Waals surface area contributed by atoms with Gasteiger partial charge in [0.05, 0.1) is 0 Å². The summed E-state index contributed by atoms with van der Waals surface area (Å²) < 4.78 is 248. The third kappa shape index (κ3) is 6.05. The van der Waals surface area contributed by atoms with Gasteiger partial charge in [-0.25, -0.2) is 22.0 Å². The van der Waals surface area contributed by atoms with E-state index >= 15 is 0 Å². The highest BCUT2D eigenvalue weighted by atomic mass is 32.2. The van der Waals surface area contributed by atoms with Crippen LogP contribution in [0.15, 0.2) is 12.7 Å². The summed E-state index contributed by atoms with van der Waals surface area (Å²) >= 11 is 0. The molecule has 35 heavy (non-hydrogen) atoms. The van der Waals surface area contributed by atoms with Crippen LogP contribution in [0, 0.1) is 0 Å². The number of hydrogen-bond acceptors (Lipinski definition) is 3. The smallest absolute Gasteiger partial charge is 0.327 e. The van der Waals surface area contributed by atoms with E-state index in [1.807, 2.05) is 0 Å². The highest BCUT2D eigenvalue weighted by molar-refractivity contribution is 7.86. The van der Waals surface area contributed by atoms with Crippen molar-refractivity contribution < 1.29 is 87.6 Å². The largest absolute Gasteiger partial charge is 0.384 e. The summed E-state index contributed by atoms with van der Waals surface area (Å²) in [6, 6.07) is 0. The molecule has 212 valence electrons. The van der Waals surface area contributed by atoms with Gasteiger partial charge in [-0.05, 0) is 0 Å². The predicted octanol–water partition coefficient (Wildman–Crippen LogP) is 5.05. The van der Waals surface area contributed by atoms with Crippen molar-refractivity contribution >= 4 is 10.1 Å². The molecule has 0 aliphatic heterocycles. The molecule has 0 aliphatic rings. The Morgan fingerprint density at radius 1 is 0.714 bits per heavy atom. The Labute approximate surface area is 183 Å². The molecular weight excluding hydrogens is 573 g/mol. The average Bonchev–Trinajstić information content (AvgIpc) is 2.70. The Bertz CT molecular complexity index is 816. The summed E-state index contributed by atoms with van der Waals surface area (Å²) in [5.74, 6) is -49.4. The maximum absolute atomic E-state index is 13.3. The van der Waals surface area contributed by atoms with Crippen molar-refractivity contribution in [2.24, 2.45) is 5.73 Å². The molecule has 0 aromatic heterocycles. The number of hydrogen-bond donors (Lipinski definition) is 2. The Morgan fingerprint density at radius 3 is 1.23 bits per heavy atom. The van der Waals surface area contributed by atoms with E-state index in [0.29, 0.717) is 6.54 Å². The number of rotatable bonds is 11. The van der Waals surface area contributed by atoms with E-state index in [2.05, 4.69) is 6.58 Å². The van der Waals surface area contributed by atoms with Gasteiger partial charge in [0, 0.05) is 6.54 Å². The van der Waals surface area contributed by atoms with Crippen molar-refractivity contribution in [1.29, 1.82) is 0 Å². The monoisotopic (exact) mass is 585 g/mol. The van der Waals surface area contributed by atoms with Crippen LogP contribution in [0.1, 0.15) is 0 Å². The van der Waals surface area contributed by atoms with Crippen molar-refractivity contribution in [1.82, 2.24) is 0 Å². The molecule has 0 saturated heterocycles. The van der Waals surface area contributed by atoms with Crippen LogP contribution in [0.4, 0.5) is 74.6 Å². The first-order chi connectivity index (χ1) is 15.1. The zero-order valence-corrected chi connectivity index (χ0v) is 16.8. The van der Waals surface area contributed by atoms with Crippen molar-refractivity contribution in [3.8, 4) is 0 Å². The van der Waals surface area contributed by atoms with Crippen molar-refractivity contribution in [2.45, 2.75) is 59.8 Å². The van der Waals surface area contributed by atoms with Gasteiger partial charge in [0.25, 0.3) is 11.9 Å². The van der Waals surface area contributed by atoms with Crippen LogP contribution in [0.2, 0.25) is 0 Å². The van der Waals surface area contributed by atoms with E-state index in [0.717, 1.165) is 0 Å². The lowest BCUT2D eigenvalue weighted by Gasteiger charge is -2.42. The number of halogens is 17. The second kappa shape index (κ2) is 10.8. The lowest BCUT2D eigenvalue weighted by Crippen LogP contribution is -2.73. The van der Waals surface area contributed by atoms with Crippen molar-refractivity contribution in [2.75, 3.05) is 6.54 Å². The standard InChI is InChI=1S/C10H5F17O3S.C3H7N/c11-1(3(13)14)2(12)5(16,17)7(20,21)9(24,25)10(26,27)8(22,23)6(18,19)4(15)31(28,29)30;1-2-3-4/h1-4H,(H,28,29,30);2H,1,3-4H2. The molecule has 4 nitrogen and oxygen atoms in total. The molecule has 0 amide bonds. The fourth-order valence-electron chi connectivity index (χ4n) is 1.64. The summed E-state index contributed by atoms with van der Waals surface area (Å²) in [5, 5.41) is 0. The summed E-state index contributed by atoms with van der Waals surface area (Å²) in [6.45, 7) is 3.94. The Balaban J connectivity index is 0. The molecule has 0 rings (SSSR count). The van der Waals surface area contributed by atoms with Crippen molar-refractivity contribution in [3.05, 3.63) is 12.7 Å². The molecule has 0 bridgehead atoms. The fourth-order valence-corrected chi connectivity index (χ4v) is 2.17. The molecule has 0 fully saturated rings. The minimum atomic E-state index is -8.61. The van der Waals surface area contributed by atoms with Crippen LogP contribution in [0.25, 0.3) is 0 Å². The molecular formula is C13H12F17NO3S. The van der Waals surface area contributed by atoms with E-state index in [4.69, 9.17) is 10.3 Å². The van der Waals surface area contributed by atoms with Crippen LogP contribution in [0.3, 0.4) is 0 Å². The van der Waals surface area contributed by atoms with Gasteiger partial charge in [-0.1, -0.05) is 6.08 Å². The van der Waals surface area contributed by atoms with Gasteiger partial charge in [-0.3, -0.25) is 4.55 Å². The lowest BCUT2D eigenvalue weighted by molar-refractivity contribution is -0.432. The zero-order valence-electron chi connectivity index (χ0n) is 16.0. The van der Waals surface area contributed by atoms with Gasteiger partial charge < -0.3 is 5.73 Å². The zero-order chi connectivity index (χ0) is 29.2. The number of alkyl halides is 17. The third-order valence-corrected chi connectivity index (χ3v) is 4.42.